The highest BCUT2D eigenvalue weighted by molar-refractivity contribution is 5.81. The van der Waals surface area contributed by atoms with E-state index in [1.807, 2.05) is 29.5 Å². The van der Waals surface area contributed by atoms with Crippen LogP contribution in [-0.4, -0.2) is 43.1 Å². The second-order valence-electron chi connectivity index (χ2n) is 9.03. The molecular formula is C25H27FN6O2. The number of aryl methyl sites for hydroxylation is 2. The third-order valence-corrected chi connectivity index (χ3v) is 6.64. The second-order valence-corrected chi connectivity index (χ2v) is 9.03. The Balaban J connectivity index is 1.26. The second kappa shape index (κ2) is 8.98. The molecule has 2 aromatic carbocycles. The van der Waals surface area contributed by atoms with Gasteiger partial charge in [0, 0.05) is 19.5 Å². The van der Waals surface area contributed by atoms with Crippen molar-refractivity contribution < 1.29 is 9.18 Å². The zero-order valence-corrected chi connectivity index (χ0v) is 19.3. The molecule has 3 heterocycles. The number of nitrogens with zero attached hydrogens (tertiary/aromatic N) is 5. The maximum atomic E-state index is 13.0. The number of benzene rings is 2. The molecule has 0 saturated carbocycles. The highest BCUT2D eigenvalue weighted by Crippen LogP contribution is 2.21. The average molecular weight is 463 g/mol. The minimum atomic E-state index is -0.284. The van der Waals surface area contributed by atoms with Crippen molar-refractivity contribution in [3.8, 4) is 0 Å². The predicted molar refractivity (Wildman–Crippen MR) is 127 cm³/mol. The van der Waals surface area contributed by atoms with E-state index < -0.39 is 0 Å². The molecule has 0 unspecified atom stereocenters. The summed E-state index contributed by atoms with van der Waals surface area (Å²) in [6, 6.07) is 12.0. The summed E-state index contributed by atoms with van der Waals surface area (Å²) >= 11 is 0. The summed E-state index contributed by atoms with van der Waals surface area (Å²) < 4.78 is 16.5. The lowest BCUT2D eigenvalue weighted by atomic mass is 9.96. The third-order valence-electron chi connectivity index (χ3n) is 6.64. The Morgan fingerprint density at radius 2 is 1.85 bits per heavy atom. The zero-order valence-electron chi connectivity index (χ0n) is 19.3. The number of rotatable bonds is 5. The molecule has 1 N–H and O–H groups in total. The molecule has 1 amide bonds. The van der Waals surface area contributed by atoms with E-state index in [0.717, 1.165) is 48.4 Å². The van der Waals surface area contributed by atoms with Crippen molar-refractivity contribution in [3.63, 3.8) is 0 Å². The summed E-state index contributed by atoms with van der Waals surface area (Å²) in [7, 11) is 1.72. The van der Waals surface area contributed by atoms with Gasteiger partial charge < -0.3 is 5.32 Å². The number of likely N-dealkylation sites (tertiary alicyclic amines) is 1. The number of carbonyl (C=O) groups is 1. The van der Waals surface area contributed by atoms with Gasteiger partial charge in [-0.25, -0.2) is 4.39 Å². The van der Waals surface area contributed by atoms with Crippen molar-refractivity contribution in [2.75, 3.05) is 13.1 Å². The quantitative estimate of drug-likeness (QED) is 0.493. The maximum Gasteiger partial charge on any atom is 0.262 e. The highest BCUT2D eigenvalue weighted by Gasteiger charge is 2.26. The van der Waals surface area contributed by atoms with Gasteiger partial charge in [-0.1, -0.05) is 23.8 Å². The first kappa shape index (κ1) is 22.2. The summed E-state index contributed by atoms with van der Waals surface area (Å²) in [6.45, 7) is 4.50. The fourth-order valence-electron chi connectivity index (χ4n) is 4.65. The van der Waals surface area contributed by atoms with Crippen LogP contribution in [0.1, 0.15) is 29.8 Å². The van der Waals surface area contributed by atoms with Gasteiger partial charge >= 0.3 is 0 Å². The molecule has 1 saturated heterocycles. The maximum absolute atomic E-state index is 13.0. The van der Waals surface area contributed by atoms with Crippen LogP contribution in [-0.2, 0) is 24.9 Å². The highest BCUT2D eigenvalue weighted by atomic mass is 19.1. The lowest BCUT2D eigenvalue weighted by Gasteiger charge is -2.30. The molecule has 1 fully saturated rings. The van der Waals surface area contributed by atoms with Crippen LogP contribution in [0.3, 0.4) is 0 Å². The number of fused-ring (bicyclic) bond motifs is 3. The number of halogens is 1. The van der Waals surface area contributed by atoms with E-state index in [9.17, 15) is 14.0 Å². The fourth-order valence-corrected chi connectivity index (χ4v) is 4.65. The van der Waals surface area contributed by atoms with E-state index in [0.29, 0.717) is 24.3 Å². The monoisotopic (exact) mass is 462 g/mol. The van der Waals surface area contributed by atoms with Crippen LogP contribution < -0.4 is 10.9 Å². The Labute approximate surface area is 196 Å². The smallest absolute Gasteiger partial charge is 0.262 e. The summed E-state index contributed by atoms with van der Waals surface area (Å²) in [5, 5.41) is 12.3. The molecule has 0 spiro atoms. The first-order valence-electron chi connectivity index (χ1n) is 11.5. The molecule has 34 heavy (non-hydrogen) atoms. The Hall–Kier alpha value is -3.59. The van der Waals surface area contributed by atoms with Crippen molar-refractivity contribution in [3.05, 3.63) is 75.6 Å². The molecule has 0 atom stereocenters. The topological polar surface area (TPSA) is 84.5 Å². The molecule has 0 radical (unpaired) electrons. The molecular weight excluding hydrogens is 435 g/mol. The van der Waals surface area contributed by atoms with Crippen molar-refractivity contribution >= 4 is 22.6 Å². The van der Waals surface area contributed by atoms with Crippen LogP contribution >= 0.6 is 0 Å². The van der Waals surface area contributed by atoms with Gasteiger partial charge in [0.25, 0.3) is 5.56 Å². The van der Waals surface area contributed by atoms with E-state index >= 15 is 0 Å². The van der Waals surface area contributed by atoms with Gasteiger partial charge in [0.15, 0.2) is 5.82 Å². The minimum Gasteiger partial charge on any atom is -0.352 e. The van der Waals surface area contributed by atoms with Crippen LogP contribution in [0.15, 0.2) is 47.3 Å². The molecule has 1 aliphatic heterocycles. The van der Waals surface area contributed by atoms with Gasteiger partial charge in [-0.15, -0.1) is 10.2 Å². The van der Waals surface area contributed by atoms with Crippen molar-refractivity contribution in [2.24, 2.45) is 13.0 Å². The largest absolute Gasteiger partial charge is 0.352 e. The predicted octanol–water partition coefficient (Wildman–Crippen LogP) is 2.56. The van der Waals surface area contributed by atoms with Gasteiger partial charge in [0.1, 0.15) is 5.82 Å². The summed E-state index contributed by atoms with van der Waals surface area (Å²) in [5.74, 6) is 1.00. The van der Waals surface area contributed by atoms with Crippen LogP contribution in [0.25, 0.3) is 16.7 Å². The van der Waals surface area contributed by atoms with E-state index in [4.69, 9.17) is 0 Å². The van der Waals surface area contributed by atoms with Gasteiger partial charge in [-0.2, -0.15) is 0 Å². The zero-order chi connectivity index (χ0) is 23.8. The molecule has 0 bridgehead atoms. The SMILES string of the molecule is Cc1ccc2c(c1)c(=O)n(C)c1nnc(CN3CCC(C(=O)NCc4ccc(F)cc4)CC3)n21. The Bertz CT molecular complexity index is 1420. The standard InChI is InChI=1S/C25H27FN6O2/c1-16-3-8-21-20(13-16)24(34)30(2)25-29-28-22(32(21)25)15-31-11-9-18(10-12-31)23(33)27-14-17-4-6-19(26)7-5-17/h3-8,13,18H,9-12,14-15H2,1-2H3,(H,27,33). The lowest BCUT2D eigenvalue weighted by Crippen LogP contribution is -2.40. The van der Waals surface area contributed by atoms with Crippen LogP contribution in [0, 0.1) is 18.7 Å². The molecule has 5 rings (SSSR count). The Morgan fingerprint density at radius 1 is 1.12 bits per heavy atom. The molecule has 8 nitrogen and oxygen atoms in total. The van der Waals surface area contributed by atoms with Crippen LogP contribution in [0.5, 0.6) is 0 Å². The number of amides is 1. The van der Waals surface area contributed by atoms with Gasteiger partial charge in [-0.05, 0) is 62.7 Å². The van der Waals surface area contributed by atoms with E-state index in [-0.39, 0.29) is 23.2 Å². The summed E-state index contributed by atoms with van der Waals surface area (Å²) in [4.78, 5) is 27.7. The van der Waals surface area contributed by atoms with Crippen LogP contribution in [0.2, 0.25) is 0 Å². The van der Waals surface area contributed by atoms with Crippen molar-refractivity contribution in [1.29, 1.82) is 0 Å². The van der Waals surface area contributed by atoms with Crippen molar-refractivity contribution in [2.45, 2.75) is 32.9 Å². The van der Waals surface area contributed by atoms with E-state index in [1.54, 1.807) is 19.2 Å². The first-order chi connectivity index (χ1) is 16.4. The molecule has 176 valence electrons. The number of piperidine rings is 1. The van der Waals surface area contributed by atoms with E-state index in [2.05, 4.69) is 20.4 Å². The summed E-state index contributed by atoms with van der Waals surface area (Å²) in [5.41, 5.74) is 2.62. The normalized spacial score (nSPS) is 15.3. The van der Waals surface area contributed by atoms with Crippen molar-refractivity contribution in [1.82, 2.24) is 29.4 Å². The number of carbonyl (C=O) groups excluding carboxylic acids is 1. The number of hydrogen-bond acceptors (Lipinski definition) is 5. The summed E-state index contributed by atoms with van der Waals surface area (Å²) in [6.07, 6.45) is 1.51. The number of nitrogens with one attached hydrogen (secondary N) is 1. The number of aromatic nitrogens is 4. The van der Waals surface area contributed by atoms with Gasteiger partial charge in [0.2, 0.25) is 11.7 Å². The molecule has 2 aromatic heterocycles. The average Bonchev–Trinajstić information content (AvgIpc) is 3.26. The lowest BCUT2D eigenvalue weighted by molar-refractivity contribution is -0.126. The van der Waals surface area contributed by atoms with E-state index in [1.165, 1.54) is 16.7 Å². The van der Waals surface area contributed by atoms with Gasteiger partial charge in [-0.3, -0.25) is 23.5 Å². The Kier molecular flexibility index (Phi) is 5.87. The Morgan fingerprint density at radius 3 is 2.59 bits per heavy atom. The van der Waals surface area contributed by atoms with Crippen LogP contribution in [0.4, 0.5) is 4.39 Å². The van der Waals surface area contributed by atoms with Gasteiger partial charge in [0.05, 0.1) is 17.4 Å². The molecule has 9 heteroatoms. The molecule has 4 aromatic rings. The molecule has 0 aliphatic carbocycles. The molecule has 1 aliphatic rings. The first-order valence-corrected chi connectivity index (χ1v) is 11.5. The third kappa shape index (κ3) is 4.19. The fraction of sp³-hybridized carbons (Fsp3) is 0.360. The number of hydrogen-bond donors (Lipinski definition) is 1. The minimum absolute atomic E-state index is 0.0354.